The van der Waals surface area contributed by atoms with Crippen LogP contribution in [0.3, 0.4) is 0 Å². The molecule has 30 heavy (non-hydrogen) atoms. The maximum Gasteiger partial charge on any atom is 0.323 e. The Labute approximate surface area is 171 Å². The van der Waals surface area contributed by atoms with Crippen LogP contribution in [-0.4, -0.2) is 32.1 Å². The van der Waals surface area contributed by atoms with Crippen molar-refractivity contribution in [3.05, 3.63) is 90.8 Å². The van der Waals surface area contributed by atoms with E-state index in [-0.39, 0.29) is 11.9 Å². The Kier molecular flexibility index (Phi) is 5.43. The molecule has 0 saturated heterocycles. The van der Waals surface area contributed by atoms with Crippen molar-refractivity contribution < 1.29 is 9.59 Å². The Morgan fingerprint density at radius 2 is 1.43 bits per heavy atom. The number of nitrogens with zero attached hydrogens (tertiary/aromatic N) is 4. The molecule has 0 spiro atoms. The minimum absolute atomic E-state index is 0.296. The number of tetrazole rings is 1. The average molecular weight is 399 g/mol. The average Bonchev–Trinajstić information content (AvgIpc) is 3.30. The van der Waals surface area contributed by atoms with Crippen molar-refractivity contribution in [2.24, 2.45) is 0 Å². The predicted molar refractivity (Wildman–Crippen MR) is 113 cm³/mol. The highest BCUT2D eigenvalue weighted by Gasteiger charge is 2.09. The molecule has 3 N–H and O–H groups in total. The zero-order valence-corrected chi connectivity index (χ0v) is 15.7. The molecule has 0 aliphatic heterocycles. The Morgan fingerprint density at radius 1 is 0.733 bits per heavy atom. The fourth-order valence-corrected chi connectivity index (χ4v) is 2.76. The summed E-state index contributed by atoms with van der Waals surface area (Å²) >= 11 is 0. The van der Waals surface area contributed by atoms with E-state index in [4.69, 9.17) is 0 Å². The van der Waals surface area contributed by atoms with Crippen LogP contribution in [-0.2, 0) is 0 Å². The van der Waals surface area contributed by atoms with Gasteiger partial charge < -0.3 is 16.0 Å². The molecule has 0 bridgehead atoms. The number of amides is 3. The van der Waals surface area contributed by atoms with Gasteiger partial charge in [-0.05, 0) is 59.0 Å². The van der Waals surface area contributed by atoms with Gasteiger partial charge in [0, 0.05) is 22.6 Å². The van der Waals surface area contributed by atoms with Gasteiger partial charge in [-0.3, -0.25) is 4.79 Å². The lowest BCUT2D eigenvalue weighted by atomic mass is 10.2. The molecular weight excluding hydrogens is 382 g/mol. The largest absolute Gasteiger partial charge is 0.323 e. The van der Waals surface area contributed by atoms with Gasteiger partial charge in [0.2, 0.25) is 0 Å². The number of urea groups is 1. The standard InChI is InChI=1S/C21H17N7O2/c29-20(15-6-4-11-19(12-15)28-14-22-26-27-28)23-17-9-5-10-18(13-17)25-21(30)24-16-7-2-1-3-8-16/h1-14H,(H,23,29)(H2,24,25,30). The molecule has 9 nitrogen and oxygen atoms in total. The molecular formula is C21H17N7O2. The van der Waals surface area contributed by atoms with E-state index in [0.29, 0.717) is 28.3 Å². The first-order valence-electron chi connectivity index (χ1n) is 9.05. The van der Waals surface area contributed by atoms with Gasteiger partial charge in [-0.15, -0.1) is 5.10 Å². The van der Waals surface area contributed by atoms with Crippen LogP contribution in [0, 0.1) is 0 Å². The lowest BCUT2D eigenvalue weighted by molar-refractivity contribution is 0.102. The normalized spacial score (nSPS) is 10.3. The van der Waals surface area contributed by atoms with Gasteiger partial charge in [-0.25, -0.2) is 9.48 Å². The van der Waals surface area contributed by atoms with Gasteiger partial charge >= 0.3 is 6.03 Å². The van der Waals surface area contributed by atoms with Gasteiger partial charge in [-0.1, -0.05) is 30.3 Å². The number of benzene rings is 3. The van der Waals surface area contributed by atoms with Crippen LogP contribution in [0.25, 0.3) is 5.69 Å². The summed E-state index contributed by atoms with van der Waals surface area (Å²) in [6, 6.07) is 22.5. The number of carbonyl (C=O) groups excluding carboxylic acids is 2. The Morgan fingerprint density at radius 3 is 2.20 bits per heavy atom. The number of nitrogens with one attached hydrogen (secondary N) is 3. The number of aromatic nitrogens is 4. The maximum absolute atomic E-state index is 12.6. The summed E-state index contributed by atoms with van der Waals surface area (Å²) in [5, 5.41) is 19.3. The minimum Gasteiger partial charge on any atom is -0.322 e. The number of hydrogen-bond acceptors (Lipinski definition) is 5. The lowest BCUT2D eigenvalue weighted by Crippen LogP contribution is -2.19. The molecule has 0 aliphatic carbocycles. The van der Waals surface area contributed by atoms with Crippen LogP contribution < -0.4 is 16.0 Å². The van der Waals surface area contributed by atoms with Crippen molar-refractivity contribution in [2.45, 2.75) is 0 Å². The van der Waals surface area contributed by atoms with Crippen LogP contribution in [0.1, 0.15) is 10.4 Å². The highest BCUT2D eigenvalue weighted by atomic mass is 16.2. The van der Waals surface area contributed by atoms with E-state index in [9.17, 15) is 9.59 Å². The second kappa shape index (κ2) is 8.65. The second-order valence-electron chi connectivity index (χ2n) is 6.28. The van der Waals surface area contributed by atoms with Gasteiger partial charge in [0.15, 0.2) is 0 Å². The Hall–Kier alpha value is -4.53. The Bertz CT molecular complexity index is 1160. The highest BCUT2D eigenvalue weighted by molar-refractivity contribution is 6.05. The van der Waals surface area contributed by atoms with Crippen LogP contribution in [0.5, 0.6) is 0 Å². The molecule has 148 valence electrons. The molecule has 4 aromatic rings. The summed E-state index contributed by atoms with van der Waals surface area (Å²) in [6.07, 6.45) is 1.45. The lowest BCUT2D eigenvalue weighted by Gasteiger charge is -2.10. The van der Waals surface area contributed by atoms with E-state index in [2.05, 4.69) is 31.5 Å². The van der Waals surface area contributed by atoms with Crippen molar-refractivity contribution in [3.63, 3.8) is 0 Å². The van der Waals surface area contributed by atoms with Crippen molar-refractivity contribution in [1.29, 1.82) is 0 Å². The van der Waals surface area contributed by atoms with Crippen molar-refractivity contribution in [3.8, 4) is 5.69 Å². The fourth-order valence-electron chi connectivity index (χ4n) is 2.76. The zero-order chi connectivity index (χ0) is 20.8. The molecule has 1 aromatic heterocycles. The van der Waals surface area contributed by atoms with Crippen LogP contribution >= 0.6 is 0 Å². The molecule has 0 saturated carbocycles. The van der Waals surface area contributed by atoms with E-state index in [1.807, 2.05) is 18.2 Å². The molecule has 3 amide bonds. The molecule has 0 radical (unpaired) electrons. The quantitative estimate of drug-likeness (QED) is 0.475. The first-order valence-corrected chi connectivity index (χ1v) is 9.05. The van der Waals surface area contributed by atoms with Crippen molar-refractivity contribution in [2.75, 3.05) is 16.0 Å². The summed E-state index contributed by atoms with van der Waals surface area (Å²) in [7, 11) is 0. The van der Waals surface area contributed by atoms with Gasteiger partial charge in [0.25, 0.3) is 5.91 Å². The highest BCUT2D eigenvalue weighted by Crippen LogP contribution is 2.17. The summed E-state index contributed by atoms with van der Waals surface area (Å²) in [5.74, 6) is -0.296. The maximum atomic E-state index is 12.6. The first kappa shape index (κ1) is 18.8. The third-order valence-corrected chi connectivity index (χ3v) is 4.13. The van der Waals surface area contributed by atoms with E-state index in [1.54, 1.807) is 60.7 Å². The summed E-state index contributed by atoms with van der Waals surface area (Å²) < 4.78 is 1.46. The van der Waals surface area contributed by atoms with Gasteiger partial charge in [0.1, 0.15) is 6.33 Å². The van der Waals surface area contributed by atoms with Gasteiger partial charge in [-0.2, -0.15) is 0 Å². The SMILES string of the molecule is O=C(Nc1ccccc1)Nc1cccc(NC(=O)c2cccc(-n3cnnn3)c2)c1. The smallest absolute Gasteiger partial charge is 0.322 e. The number of hydrogen-bond donors (Lipinski definition) is 3. The third-order valence-electron chi connectivity index (χ3n) is 4.13. The Balaban J connectivity index is 1.42. The zero-order valence-electron chi connectivity index (χ0n) is 15.7. The first-order chi connectivity index (χ1) is 14.7. The van der Waals surface area contributed by atoms with E-state index >= 15 is 0 Å². The van der Waals surface area contributed by atoms with Crippen LogP contribution in [0.15, 0.2) is 85.2 Å². The fraction of sp³-hybridized carbons (Fsp3) is 0. The summed E-state index contributed by atoms with van der Waals surface area (Å²) in [6.45, 7) is 0. The van der Waals surface area contributed by atoms with Crippen molar-refractivity contribution in [1.82, 2.24) is 20.2 Å². The monoisotopic (exact) mass is 399 g/mol. The second-order valence-corrected chi connectivity index (χ2v) is 6.28. The minimum atomic E-state index is -0.376. The number of rotatable bonds is 5. The van der Waals surface area contributed by atoms with Crippen molar-refractivity contribution >= 4 is 29.0 Å². The van der Waals surface area contributed by atoms with Crippen LogP contribution in [0.4, 0.5) is 21.9 Å². The third kappa shape index (κ3) is 4.65. The molecule has 4 rings (SSSR count). The van der Waals surface area contributed by atoms with E-state index in [1.165, 1.54) is 11.0 Å². The van der Waals surface area contributed by atoms with E-state index in [0.717, 1.165) is 0 Å². The molecule has 0 aliphatic rings. The van der Waals surface area contributed by atoms with Crippen LogP contribution in [0.2, 0.25) is 0 Å². The molecule has 1 heterocycles. The molecule has 3 aromatic carbocycles. The molecule has 0 atom stereocenters. The molecule has 0 unspecified atom stereocenters. The number of para-hydroxylation sites is 1. The number of carbonyl (C=O) groups is 2. The summed E-state index contributed by atoms with van der Waals surface area (Å²) in [5.41, 5.74) is 2.89. The van der Waals surface area contributed by atoms with Gasteiger partial charge in [0.05, 0.1) is 5.69 Å². The number of anilines is 3. The van der Waals surface area contributed by atoms with E-state index < -0.39 is 0 Å². The molecule has 0 fully saturated rings. The summed E-state index contributed by atoms with van der Waals surface area (Å²) in [4.78, 5) is 24.8. The topological polar surface area (TPSA) is 114 Å². The molecule has 9 heteroatoms. The predicted octanol–water partition coefficient (Wildman–Crippen LogP) is 3.56.